The molecule has 2 heteroatoms. The molecule has 0 saturated carbocycles. The van der Waals surface area contributed by atoms with Crippen LogP contribution in [0.2, 0.25) is 0 Å². The Kier molecular flexibility index (Phi) is 2.44. The van der Waals surface area contributed by atoms with Crippen molar-refractivity contribution in [2.45, 2.75) is 39.7 Å². The van der Waals surface area contributed by atoms with E-state index in [2.05, 4.69) is 23.8 Å². The van der Waals surface area contributed by atoms with Gasteiger partial charge in [0.05, 0.1) is 0 Å². The fourth-order valence-electron chi connectivity index (χ4n) is 2.17. The van der Waals surface area contributed by atoms with Crippen molar-refractivity contribution < 1.29 is 4.79 Å². The van der Waals surface area contributed by atoms with Crippen LogP contribution in [0.15, 0.2) is 12.3 Å². The van der Waals surface area contributed by atoms with Gasteiger partial charge in [-0.15, -0.1) is 0 Å². The molecule has 0 spiro atoms. The lowest BCUT2D eigenvalue weighted by Crippen LogP contribution is -2.27. The molecule has 0 aromatic carbocycles. The number of carbonyl (C=O) groups is 1. The monoisotopic (exact) mass is 191 g/mol. The number of Topliss-reactive ketones (excluding diaryl/α,β-unsaturated/α-hetero) is 1. The molecule has 0 bridgehead atoms. The second kappa shape index (κ2) is 3.60. The minimum Gasteiger partial charge on any atom is -0.350 e. The highest BCUT2D eigenvalue weighted by atomic mass is 16.1. The van der Waals surface area contributed by atoms with Gasteiger partial charge in [0, 0.05) is 30.8 Å². The van der Waals surface area contributed by atoms with E-state index in [1.54, 1.807) is 0 Å². The van der Waals surface area contributed by atoms with Crippen molar-refractivity contribution >= 4 is 5.78 Å². The van der Waals surface area contributed by atoms with Crippen molar-refractivity contribution in [3.05, 3.63) is 23.5 Å². The molecule has 2 nitrogen and oxygen atoms in total. The average Bonchev–Trinajstić information content (AvgIpc) is 2.51. The highest BCUT2D eigenvalue weighted by molar-refractivity contribution is 5.83. The molecule has 1 atom stereocenters. The van der Waals surface area contributed by atoms with Crippen LogP contribution in [-0.2, 0) is 24.2 Å². The van der Waals surface area contributed by atoms with Crippen LogP contribution in [0.25, 0.3) is 0 Å². The van der Waals surface area contributed by atoms with Crippen LogP contribution in [-0.4, -0.2) is 10.4 Å². The van der Waals surface area contributed by atoms with Crippen molar-refractivity contribution in [2.24, 2.45) is 5.92 Å². The summed E-state index contributed by atoms with van der Waals surface area (Å²) in [6.45, 7) is 5.07. The number of aryl methyl sites for hydroxylation is 1. The summed E-state index contributed by atoms with van der Waals surface area (Å²) in [4.78, 5) is 11.6. The maximum Gasteiger partial charge on any atom is 0.143 e. The quantitative estimate of drug-likeness (QED) is 0.702. The number of rotatable bonds is 2. The van der Waals surface area contributed by atoms with Gasteiger partial charge in [0.2, 0.25) is 0 Å². The maximum atomic E-state index is 11.6. The second-order valence-electron chi connectivity index (χ2n) is 4.23. The summed E-state index contributed by atoms with van der Waals surface area (Å²) in [6.07, 6.45) is 5.03. The number of fused-ring (bicyclic) bond motifs is 1. The van der Waals surface area contributed by atoms with E-state index in [0.717, 1.165) is 19.4 Å². The summed E-state index contributed by atoms with van der Waals surface area (Å²) >= 11 is 0. The van der Waals surface area contributed by atoms with Crippen LogP contribution >= 0.6 is 0 Å². The number of nitrogens with zero attached hydrogens (tertiary/aromatic N) is 1. The first kappa shape index (κ1) is 9.50. The second-order valence-corrected chi connectivity index (χ2v) is 4.23. The Morgan fingerprint density at radius 2 is 2.36 bits per heavy atom. The third kappa shape index (κ3) is 1.49. The van der Waals surface area contributed by atoms with Crippen molar-refractivity contribution in [1.29, 1.82) is 0 Å². The Bertz CT molecular complexity index is 338. The molecule has 2 heterocycles. The summed E-state index contributed by atoms with van der Waals surface area (Å²) in [7, 11) is 0. The largest absolute Gasteiger partial charge is 0.350 e. The molecule has 0 saturated heterocycles. The highest BCUT2D eigenvalue weighted by Gasteiger charge is 2.23. The van der Waals surface area contributed by atoms with Gasteiger partial charge in [0.1, 0.15) is 5.78 Å². The van der Waals surface area contributed by atoms with Crippen LogP contribution in [0.4, 0.5) is 0 Å². The van der Waals surface area contributed by atoms with Crippen molar-refractivity contribution in [1.82, 2.24) is 4.57 Å². The van der Waals surface area contributed by atoms with E-state index < -0.39 is 0 Å². The molecule has 2 rings (SSSR count). The van der Waals surface area contributed by atoms with Gasteiger partial charge in [-0.05, 0) is 18.1 Å². The Hall–Kier alpha value is -1.05. The van der Waals surface area contributed by atoms with E-state index in [0.29, 0.717) is 12.2 Å². The number of ketones is 1. The SMILES string of the molecule is CCCc1ccn2c1CC(=O)C(C)C2. The summed E-state index contributed by atoms with van der Waals surface area (Å²) in [5.74, 6) is 0.595. The molecule has 1 aromatic heterocycles. The zero-order valence-electron chi connectivity index (χ0n) is 8.92. The molecule has 1 aliphatic rings. The highest BCUT2D eigenvalue weighted by Crippen LogP contribution is 2.22. The summed E-state index contributed by atoms with van der Waals surface area (Å²) < 4.78 is 2.25. The van der Waals surface area contributed by atoms with E-state index >= 15 is 0 Å². The van der Waals surface area contributed by atoms with Gasteiger partial charge >= 0.3 is 0 Å². The van der Waals surface area contributed by atoms with Crippen LogP contribution in [0.5, 0.6) is 0 Å². The molecule has 1 aromatic rings. The summed E-state index contributed by atoms with van der Waals surface area (Å²) in [5.41, 5.74) is 2.63. The molecule has 0 aliphatic carbocycles. The lowest BCUT2D eigenvalue weighted by Gasteiger charge is -2.21. The zero-order chi connectivity index (χ0) is 10.1. The molecule has 0 fully saturated rings. The number of hydrogen-bond acceptors (Lipinski definition) is 1. The smallest absolute Gasteiger partial charge is 0.143 e. The molecule has 14 heavy (non-hydrogen) atoms. The first-order chi connectivity index (χ1) is 6.72. The average molecular weight is 191 g/mol. The first-order valence-corrected chi connectivity index (χ1v) is 5.42. The van der Waals surface area contributed by atoms with E-state index in [4.69, 9.17) is 0 Å². The van der Waals surface area contributed by atoms with Gasteiger partial charge in [0.15, 0.2) is 0 Å². The van der Waals surface area contributed by atoms with Crippen LogP contribution in [0.3, 0.4) is 0 Å². The van der Waals surface area contributed by atoms with Crippen LogP contribution < -0.4 is 0 Å². The maximum absolute atomic E-state index is 11.6. The minimum atomic E-state index is 0.198. The van der Waals surface area contributed by atoms with Crippen molar-refractivity contribution in [3.63, 3.8) is 0 Å². The topological polar surface area (TPSA) is 22.0 Å². The minimum absolute atomic E-state index is 0.198. The van der Waals surface area contributed by atoms with Crippen LogP contribution in [0.1, 0.15) is 31.5 Å². The number of hydrogen-bond donors (Lipinski definition) is 0. The van der Waals surface area contributed by atoms with Gasteiger partial charge in [-0.1, -0.05) is 20.3 Å². The molecule has 0 radical (unpaired) electrons. The van der Waals surface area contributed by atoms with E-state index in [1.807, 2.05) is 6.92 Å². The van der Waals surface area contributed by atoms with Gasteiger partial charge in [-0.25, -0.2) is 0 Å². The Labute approximate surface area is 84.9 Å². The normalized spacial score (nSPS) is 21.0. The van der Waals surface area contributed by atoms with Gasteiger partial charge < -0.3 is 4.57 Å². The molecule has 76 valence electrons. The number of carbonyl (C=O) groups excluding carboxylic acids is 1. The predicted octanol–water partition coefficient (Wildman–Crippen LogP) is 2.20. The van der Waals surface area contributed by atoms with Gasteiger partial charge in [0.25, 0.3) is 0 Å². The third-order valence-corrected chi connectivity index (χ3v) is 3.05. The van der Waals surface area contributed by atoms with E-state index in [-0.39, 0.29) is 5.92 Å². The molecular weight excluding hydrogens is 174 g/mol. The first-order valence-electron chi connectivity index (χ1n) is 5.42. The zero-order valence-corrected chi connectivity index (χ0v) is 8.92. The van der Waals surface area contributed by atoms with Crippen molar-refractivity contribution in [2.75, 3.05) is 0 Å². The van der Waals surface area contributed by atoms with E-state index in [1.165, 1.54) is 11.3 Å². The molecule has 1 aliphatic heterocycles. The summed E-state index contributed by atoms with van der Waals surface area (Å²) in [5, 5.41) is 0. The van der Waals surface area contributed by atoms with Crippen molar-refractivity contribution in [3.8, 4) is 0 Å². The lowest BCUT2D eigenvalue weighted by molar-refractivity contribution is -0.123. The van der Waals surface area contributed by atoms with Crippen LogP contribution in [0, 0.1) is 5.92 Å². The lowest BCUT2D eigenvalue weighted by atomic mass is 9.96. The predicted molar refractivity (Wildman–Crippen MR) is 56.3 cm³/mol. The molecule has 0 N–H and O–H groups in total. The Morgan fingerprint density at radius 1 is 1.57 bits per heavy atom. The van der Waals surface area contributed by atoms with Gasteiger partial charge in [-0.3, -0.25) is 4.79 Å². The molecular formula is C12H17NO. The molecule has 1 unspecified atom stereocenters. The summed E-state index contributed by atoms with van der Waals surface area (Å²) in [6, 6.07) is 2.17. The Balaban J connectivity index is 2.30. The number of aromatic nitrogens is 1. The van der Waals surface area contributed by atoms with E-state index in [9.17, 15) is 4.79 Å². The molecule has 0 amide bonds. The third-order valence-electron chi connectivity index (χ3n) is 3.05. The fourth-order valence-corrected chi connectivity index (χ4v) is 2.17. The standard InChI is InChI=1S/C12H17NO/c1-3-4-10-5-6-13-8-9(2)12(14)7-11(10)13/h5-6,9H,3-4,7-8H2,1-2H3. The fraction of sp³-hybridized carbons (Fsp3) is 0.583. The Morgan fingerprint density at radius 3 is 3.07 bits per heavy atom. The van der Waals surface area contributed by atoms with Gasteiger partial charge in [-0.2, -0.15) is 0 Å².